The Balaban J connectivity index is 2.05. The summed E-state index contributed by atoms with van der Waals surface area (Å²) < 4.78 is 2.20. The van der Waals surface area contributed by atoms with Crippen molar-refractivity contribution in [2.75, 3.05) is 6.54 Å². The van der Waals surface area contributed by atoms with Crippen LogP contribution >= 0.6 is 0 Å². The second kappa shape index (κ2) is 6.36. The van der Waals surface area contributed by atoms with E-state index in [1.165, 1.54) is 16.8 Å². The molecule has 0 aliphatic heterocycles. The molecule has 0 spiro atoms. The maximum atomic E-state index is 4.23. The Morgan fingerprint density at radius 2 is 1.83 bits per heavy atom. The van der Waals surface area contributed by atoms with Crippen molar-refractivity contribution < 1.29 is 0 Å². The van der Waals surface area contributed by atoms with Crippen LogP contribution in [0.25, 0.3) is 0 Å². The topological polar surface area (TPSA) is 29.9 Å². The van der Waals surface area contributed by atoms with Gasteiger partial charge in [-0.1, -0.05) is 38.1 Å². The van der Waals surface area contributed by atoms with Gasteiger partial charge in [0, 0.05) is 19.3 Å². The predicted molar refractivity (Wildman–Crippen MR) is 74.5 cm³/mol. The molecule has 0 saturated heterocycles. The molecule has 0 aliphatic rings. The lowest BCUT2D eigenvalue weighted by molar-refractivity contribution is 0.657. The van der Waals surface area contributed by atoms with Crippen molar-refractivity contribution in [2.24, 2.45) is 0 Å². The number of aromatic nitrogens is 2. The molecule has 2 aromatic rings. The smallest absolute Gasteiger partial charge is 0.0951 e. The van der Waals surface area contributed by atoms with Gasteiger partial charge in [0.2, 0.25) is 0 Å². The lowest BCUT2D eigenvalue weighted by Gasteiger charge is -2.09. The van der Waals surface area contributed by atoms with Crippen molar-refractivity contribution in [3.63, 3.8) is 0 Å². The summed E-state index contributed by atoms with van der Waals surface area (Å²) in [5, 5.41) is 3.33. The molecule has 3 nitrogen and oxygen atoms in total. The second-order valence-electron chi connectivity index (χ2n) is 4.46. The summed E-state index contributed by atoms with van der Waals surface area (Å²) in [4.78, 5) is 4.23. The summed E-state index contributed by atoms with van der Waals surface area (Å²) in [5.74, 6) is 0. The Labute approximate surface area is 109 Å². The van der Waals surface area contributed by atoms with Gasteiger partial charge in [-0.3, -0.25) is 0 Å². The first-order chi connectivity index (χ1) is 8.83. The molecule has 3 heteroatoms. The normalized spacial score (nSPS) is 10.8. The molecule has 0 saturated carbocycles. The van der Waals surface area contributed by atoms with Crippen LogP contribution < -0.4 is 5.32 Å². The van der Waals surface area contributed by atoms with E-state index in [1.54, 1.807) is 0 Å². The molecular formula is C15H21N3. The molecule has 1 aromatic heterocycles. The molecule has 18 heavy (non-hydrogen) atoms. The number of aryl methyl sites for hydroxylation is 1. The third-order valence-corrected chi connectivity index (χ3v) is 3.14. The Kier molecular flexibility index (Phi) is 4.53. The minimum atomic E-state index is 0.879. The molecule has 0 atom stereocenters. The number of hydrogen-bond acceptors (Lipinski definition) is 2. The molecule has 96 valence electrons. The molecule has 2 rings (SSSR count). The van der Waals surface area contributed by atoms with Gasteiger partial charge in [0.25, 0.3) is 0 Å². The first-order valence-electron chi connectivity index (χ1n) is 6.61. The van der Waals surface area contributed by atoms with Gasteiger partial charge in [-0.2, -0.15) is 0 Å². The number of hydrogen-bond donors (Lipinski definition) is 1. The number of nitrogens with zero attached hydrogens (tertiary/aromatic N) is 2. The van der Waals surface area contributed by atoms with Gasteiger partial charge in [-0.05, 0) is 24.1 Å². The van der Waals surface area contributed by atoms with E-state index in [-0.39, 0.29) is 0 Å². The van der Waals surface area contributed by atoms with Gasteiger partial charge in [0.1, 0.15) is 0 Å². The van der Waals surface area contributed by atoms with E-state index in [4.69, 9.17) is 0 Å². The van der Waals surface area contributed by atoms with E-state index in [1.807, 2.05) is 12.5 Å². The third kappa shape index (κ3) is 3.20. The maximum Gasteiger partial charge on any atom is 0.0951 e. The first kappa shape index (κ1) is 12.8. The van der Waals surface area contributed by atoms with E-state index in [2.05, 4.69) is 53.0 Å². The Morgan fingerprint density at radius 3 is 2.50 bits per heavy atom. The number of rotatable bonds is 6. The highest BCUT2D eigenvalue weighted by Gasteiger charge is 2.02. The van der Waals surface area contributed by atoms with E-state index in [0.29, 0.717) is 0 Å². The molecule has 1 N–H and O–H groups in total. The summed E-state index contributed by atoms with van der Waals surface area (Å²) in [6.45, 7) is 7.05. The molecule has 1 heterocycles. The molecule has 0 aliphatic carbocycles. The zero-order valence-corrected chi connectivity index (χ0v) is 11.2. The average molecular weight is 243 g/mol. The van der Waals surface area contributed by atoms with Gasteiger partial charge < -0.3 is 9.88 Å². The quantitative estimate of drug-likeness (QED) is 0.845. The monoisotopic (exact) mass is 243 g/mol. The van der Waals surface area contributed by atoms with Crippen LogP contribution in [0.4, 0.5) is 0 Å². The van der Waals surface area contributed by atoms with E-state index in [0.717, 1.165) is 26.1 Å². The Hall–Kier alpha value is -1.61. The van der Waals surface area contributed by atoms with Crippen LogP contribution in [0.15, 0.2) is 36.8 Å². The number of benzene rings is 1. The molecule has 0 unspecified atom stereocenters. The van der Waals surface area contributed by atoms with Crippen molar-refractivity contribution in [2.45, 2.75) is 33.4 Å². The number of nitrogens with one attached hydrogen (secondary N) is 1. The fraction of sp³-hybridized carbons (Fsp3) is 0.400. The summed E-state index contributed by atoms with van der Waals surface area (Å²) in [7, 11) is 0. The van der Waals surface area contributed by atoms with E-state index in [9.17, 15) is 0 Å². The van der Waals surface area contributed by atoms with Gasteiger partial charge in [0.05, 0.1) is 12.0 Å². The van der Waals surface area contributed by atoms with Gasteiger partial charge >= 0.3 is 0 Å². The van der Waals surface area contributed by atoms with Gasteiger partial charge in [-0.25, -0.2) is 4.98 Å². The average Bonchev–Trinajstić information content (AvgIpc) is 2.84. The second-order valence-corrected chi connectivity index (χ2v) is 4.46. The van der Waals surface area contributed by atoms with Crippen LogP contribution in [-0.4, -0.2) is 16.1 Å². The summed E-state index contributed by atoms with van der Waals surface area (Å²) in [6.07, 6.45) is 4.93. The molecule has 0 amide bonds. The fourth-order valence-corrected chi connectivity index (χ4v) is 1.97. The Morgan fingerprint density at radius 1 is 1.11 bits per heavy atom. The summed E-state index contributed by atoms with van der Waals surface area (Å²) >= 11 is 0. The SMILES string of the molecule is CCNCc1cncn1Cc1ccc(CC)cc1. The molecular weight excluding hydrogens is 222 g/mol. The van der Waals surface area contributed by atoms with Crippen molar-refractivity contribution in [3.05, 3.63) is 53.6 Å². The molecule has 0 radical (unpaired) electrons. The summed E-state index contributed by atoms with van der Waals surface area (Å²) in [5.41, 5.74) is 3.94. The van der Waals surface area contributed by atoms with Crippen molar-refractivity contribution in [1.29, 1.82) is 0 Å². The van der Waals surface area contributed by atoms with Crippen molar-refractivity contribution in [1.82, 2.24) is 14.9 Å². The van der Waals surface area contributed by atoms with Crippen LogP contribution in [-0.2, 0) is 19.5 Å². The molecule has 1 aromatic carbocycles. The zero-order chi connectivity index (χ0) is 12.8. The van der Waals surface area contributed by atoms with Crippen LogP contribution in [0.3, 0.4) is 0 Å². The number of imidazole rings is 1. The largest absolute Gasteiger partial charge is 0.329 e. The molecule has 0 fully saturated rings. The third-order valence-electron chi connectivity index (χ3n) is 3.14. The van der Waals surface area contributed by atoms with E-state index >= 15 is 0 Å². The van der Waals surface area contributed by atoms with Gasteiger partial charge in [0.15, 0.2) is 0 Å². The fourth-order valence-electron chi connectivity index (χ4n) is 1.97. The molecule has 0 bridgehead atoms. The highest BCUT2D eigenvalue weighted by atomic mass is 15.1. The van der Waals surface area contributed by atoms with Gasteiger partial charge in [-0.15, -0.1) is 0 Å². The van der Waals surface area contributed by atoms with Crippen LogP contribution in [0.2, 0.25) is 0 Å². The van der Waals surface area contributed by atoms with Crippen LogP contribution in [0.1, 0.15) is 30.7 Å². The van der Waals surface area contributed by atoms with Crippen molar-refractivity contribution in [3.8, 4) is 0 Å². The maximum absolute atomic E-state index is 4.23. The first-order valence-corrected chi connectivity index (χ1v) is 6.61. The minimum absolute atomic E-state index is 0.879. The highest BCUT2D eigenvalue weighted by Crippen LogP contribution is 2.09. The van der Waals surface area contributed by atoms with E-state index < -0.39 is 0 Å². The predicted octanol–water partition coefficient (Wildman–Crippen LogP) is 2.60. The lowest BCUT2D eigenvalue weighted by atomic mass is 10.1. The van der Waals surface area contributed by atoms with Crippen LogP contribution in [0, 0.1) is 0 Å². The zero-order valence-electron chi connectivity index (χ0n) is 11.2. The Bertz CT molecular complexity index is 471. The highest BCUT2D eigenvalue weighted by molar-refractivity contribution is 5.23. The minimum Gasteiger partial charge on any atom is -0.329 e. The summed E-state index contributed by atoms with van der Waals surface area (Å²) in [6, 6.07) is 8.82. The standard InChI is InChI=1S/C15H21N3/c1-3-13-5-7-14(8-6-13)11-18-12-17-10-15(18)9-16-4-2/h5-8,10,12,16H,3-4,9,11H2,1-2H3. The van der Waals surface area contributed by atoms with Crippen LogP contribution in [0.5, 0.6) is 0 Å². The van der Waals surface area contributed by atoms with Crippen molar-refractivity contribution >= 4 is 0 Å². The lowest BCUT2D eigenvalue weighted by Crippen LogP contribution is -2.15.